The molecule has 0 aromatic carbocycles. The van der Waals surface area contributed by atoms with Crippen molar-refractivity contribution in [2.24, 2.45) is 0 Å². The van der Waals surface area contributed by atoms with E-state index in [1.54, 1.807) is 6.92 Å². The number of hydrogen-bond acceptors (Lipinski definition) is 2. The normalized spacial score (nSPS) is 10.8. The molecule has 0 atom stereocenters. The highest BCUT2D eigenvalue weighted by Gasteiger charge is 2.06. The highest BCUT2D eigenvalue weighted by Crippen LogP contribution is 2.13. The lowest BCUT2D eigenvalue weighted by atomic mass is 10.1. The van der Waals surface area contributed by atoms with Crippen molar-refractivity contribution in [1.82, 2.24) is 9.38 Å². The van der Waals surface area contributed by atoms with Crippen molar-refractivity contribution in [3.63, 3.8) is 0 Å². The molecule has 14 heavy (non-hydrogen) atoms. The Morgan fingerprint density at radius 3 is 2.71 bits per heavy atom. The summed E-state index contributed by atoms with van der Waals surface area (Å²) in [5.74, 6) is 0.0933. The lowest BCUT2D eigenvalue weighted by Gasteiger charge is -2.02. The van der Waals surface area contributed by atoms with E-state index in [0.29, 0.717) is 0 Å². The lowest BCUT2D eigenvalue weighted by molar-refractivity contribution is 0.101. The maximum absolute atomic E-state index is 11.3. The van der Waals surface area contributed by atoms with E-state index < -0.39 is 0 Å². The zero-order chi connectivity index (χ0) is 10.3. The quantitative estimate of drug-likeness (QED) is 0.642. The Kier molecular flexibility index (Phi) is 1.88. The van der Waals surface area contributed by atoms with E-state index >= 15 is 0 Å². The monoisotopic (exact) mass is 188 g/mol. The molecular formula is C11H12N2O. The van der Waals surface area contributed by atoms with E-state index in [0.717, 1.165) is 22.5 Å². The van der Waals surface area contributed by atoms with Crippen LogP contribution in [-0.4, -0.2) is 15.2 Å². The molecule has 0 unspecified atom stereocenters. The fourth-order valence-corrected chi connectivity index (χ4v) is 1.63. The summed E-state index contributed by atoms with van der Waals surface area (Å²) in [5, 5.41) is 0. The van der Waals surface area contributed by atoms with Crippen molar-refractivity contribution in [3.8, 4) is 0 Å². The highest BCUT2D eigenvalue weighted by molar-refractivity contribution is 5.95. The first-order valence-corrected chi connectivity index (χ1v) is 4.55. The van der Waals surface area contributed by atoms with Crippen LogP contribution in [0.3, 0.4) is 0 Å². The smallest absolute Gasteiger partial charge is 0.161 e. The van der Waals surface area contributed by atoms with Gasteiger partial charge in [0.25, 0.3) is 0 Å². The summed E-state index contributed by atoms with van der Waals surface area (Å²) in [7, 11) is 0. The van der Waals surface area contributed by atoms with Gasteiger partial charge in [-0.2, -0.15) is 0 Å². The minimum absolute atomic E-state index is 0.0933. The van der Waals surface area contributed by atoms with E-state index in [1.165, 1.54) is 0 Å². The fourth-order valence-electron chi connectivity index (χ4n) is 1.63. The van der Waals surface area contributed by atoms with Crippen molar-refractivity contribution in [2.45, 2.75) is 20.8 Å². The summed E-state index contributed by atoms with van der Waals surface area (Å²) in [5.41, 5.74) is 3.60. The fraction of sp³-hybridized carbons (Fsp3) is 0.273. The number of imidazole rings is 1. The van der Waals surface area contributed by atoms with Crippen LogP contribution in [0.1, 0.15) is 28.5 Å². The summed E-state index contributed by atoms with van der Waals surface area (Å²) in [6.45, 7) is 5.45. The zero-order valence-electron chi connectivity index (χ0n) is 8.53. The average molecular weight is 188 g/mol. The van der Waals surface area contributed by atoms with Crippen LogP contribution in [0.4, 0.5) is 0 Å². The van der Waals surface area contributed by atoms with Gasteiger partial charge < -0.3 is 4.40 Å². The molecule has 3 heteroatoms. The number of aryl methyl sites for hydroxylation is 2. The van der Waals surface area contributed by atoms with E-state index in [4.69, 9.17) is 0 Å². The number of aromatic nitrogens is 2. The van der Waals surface area contributed by atoms with Crippen LogP contribution in [-0.2, 0) is 0 Å². The van der Waals surface area contributed by atoms with E-state index in [-0.39, 0.29) is 5.78 Å². The summed E-state index contributed by atoms with van der Waals surface area (Å²) in [6, 6.07) is 1.93. The second kappa shape index (κ2) is 2.94. The molecule has 0 aliphatic carbocycles. The molecule has 0 fully saturated rings. The van der Waals surface area contributed by atoms with Crippen molar-refractivity contribution < 1.29 is 4.79 Å². The van der Waals surface area contributed by atoms with Gasteiger partial charge in [0.15, 0.2) is 5.78 Å². The molecule has 2 heterocycles. The predicted molar refractivity (Wildman–Crippen MR) is 54.7 cm³/mol. The topological polar surface area (TPSA) is 34.4 Å². The molecule has 0 aliphatic rings. The number of ketones is 1. The molecule has 0 spiro atoms. The number of carbonyl (C=O) groups excluding carboxylic acids is 1. The minimum Gasteiger partial charge on any atom is -0.306 e. The Morgan fingerprint density at radius 1 is 1.36 bits per heavy atom. The molecule has 0 amide bonds. The minimum atomic E-state index is 0.0933. The van der Waals surface area contributed by atoms with E-state index in [9.17, 15) is 4.79 Å². The molecule has 2 aromatic heterocycles. The van der Waals surface area contributed by atoms with E-state index in [2.05, 4.69) is 4.98 Å². The number of carbonyl (C=O) groups is 1. The zero-order valence-corrected chi connectivity index (χ0v) is 8.53. The summed E-state index contributed by atoms with van der Waals surface area (Å²) >= 11 is 0. The Hall–Kier alpha value is -1.64. The van der Waals surface area contributed by atoms with Gasteiger partial charge in [-0.25, -0.2) is 4.98 Å². The summed E-state index contributed by atoms with van der Waals surface area (Å²) in [4.78, 5) is 15.6. The Morgan fingerprint density at radius 2 is 2.07 bits per heavy atom. The van der Waals surface area contributed by atoms with Crippen LogP contribution in [0, 0.1) is 13.8 Å². The van der Waals surface area contributed by atoms with Crippen LogP contribution in [0.5, 0.6) is 0 Å². The molecule has 72 valence electrons. The van der Waals surface area contributed by atoms with Gasteiger partial charge in [0.1, 0.15) is 5.65 Å². The maximum Gasteiger partial charge on any atom is 0.161 e. The Balaban J connectivity index is 2.76. The second-order valence-electron chi connectivity index (χ2n) is 3.57. The molecule has 2 aromatic rings. The number of hydrogen-bond donors (Lipinski definition) is 0. The molecule has 0 aliphatic heterocycles. The standard InChI is InChI=1S/C11H12N2O/c1-7-4-11-12-8(2)5-13(11)6-10(7)9(3)14/h4-6H,1-3H3. The van der Waals surface area contributed by atoms with Gasteiger partial charge in [0.2, 0.25) is 0 Å². The van der Waals surface area contributed by atoms with Gasteiger partial charge in [-0.15, -0.1) is 0 Å². The third-order valence-electron chi connectivity index (χ3n) is 2.30. The number of Topliss-reactive ketones (excluding diaryl/α,β-unsaturated/α-hetero) is 1. The van der Waals surface area contributed by atoms with Crippen LogP contribution in [0.15, 0.2) is 18.5 Å². The SMILES string of the molecule is CC(=O)c1cn2cc(C)nc2cc1C. The molecule has 0 N–H and O–H groups in total. The summed E-state index contributed by atoms with van der Waals surface area (Å²) in [6.07, 6.45) is 3.76. The van der Waals surface area contributed by atoms with Crippen molar-refractivity contribution in [1.29, 1.82) is 0 Å². The van der Waals surface area contributed by atoms with Crippen molar-refractivity contribution >= 4 is 11.4 Å². The molecule has 0 saturated heterocycles. The Bertz CT molecular complexity index is 511. The van der Waals surface area contributed by atoms with Gasteiger partial charge in [-0.3, -0.25) is 4.79 Å². The van der Waals surface area contributed by atoms with Gasteiger partial charge in [-0.1, -0.05) is 0 Å². The molecular weight excluding hydrogens is 176 g/mol. The van der Waals surface area contributed by atoms with Crippen LogP contribution < -0.4 is 0 Å². The maximum atomic E-state index is 11.3. The Labute approximate surface area is 82.4 Å². The van der Waals surface area contributed by atoms with Gasteiger partial charge >= 0.3 is 0 Å². The third-order valence-corrected chi connectivity index (χ3v) is 2.30. The largest absolute Gasteiger partial charge is 0.306 e. The number of fused-ring (bicyclic) bond motifs is 1. The lowest BCUT2D eigenvalue weighted by Crippen LogP contribution is -1.99. The number of nitrogens with zero attached hydrogens (tertiary/aromatic N) is 2. The van der Waals surface area contributed by atoms with Crippen LogP contribution >= 0.6 is 0 Å². The second-order valence-corrected chi connectivity index (χ2v) is 3.57. The van der Waals surface area contributed by atoms with Crippen molar-refractivity contribution in [3.05, 3.63) is 35.3 Å². The average Bonchev–Trinajstić information content (AvgIpc) is 2.42. The third kappa shape index (κ3) is 1.31. The van der Waals surface area contributed by atoms with E-state index in [1.807, 2.05) is 36.7 Å². The number of pyridine rings is 1. The summed E-state index contributed by atoms with van der Waals surface area (Å²) < 4.78 is 1.89. The van der Waals surface area contributed by atoms with Gasteiger partial charge in [-0.05, 0) is 32.4 Å². The first kappa shape index (κ1) is 8.94. The number of rotatable bonds is 1. The molecule has 0 bridgehead atoms. The first-order valence-electron chi connectivity index (χ1n) is 4.55. The molecule has 0 radical (unpaired) electrons. The van der Waals surface area contributed by atoms with Crippen LogP contribution in [0.2, 0.25) is 0 Å². The molecule has 2 rings (SSSR count). The first-order chi connectivity index (χ1) is 6.58. The van der Waals surface area contributed by atoms with Crippen molar-refractivity contribution in [2.75, 3.05) is 0 Å². The van der Waals surface area contributed by atoms with Gasteiger partial charge in [0.05, 0.1) is 5.69 Å². The van der Waals surface area contributed by atoms with Crippen LogP contribution in [0.25, 0.3) is 5.65 Å². The van der Waals surface area contributed by atoms with Gasteiger partial charge in [0, 0.05) is 18.0 Å². The molecule has 0 saturated carbocycles. The molecule has 3 nitrogen and oxygen atoms in total. The highest BCUT2D eigenvalue weighted by atomic mass is 16.1. The predicted octanol–water partition coefficient (Wildman–Crippen LogP) is 2.15.